The van der Waals surface area contributed by atoms with Gasteiger partial charge in [0.05, 0.1) is 6.54 Å². The molecule has 0 spiro atoms. The van der Waals surface area contributed by atoms with Crippen molar-refractivity contribution in [1.29, 1.82) is 0 Å². The molecule has 5 nitrogen and oxygen atoms in total. The number of aliphatic imine (C=N–C) groups is 1. The van der Waals surface area contributed by atoms with Gasteiger partial charge in [-0.3, -0.25) is 9.79 Å². The number of nitrogens with one attached hydrogen (secondary N) is 3. The van der Waals surface area contributed by atoms with Crippen LogP contribution in [0.3, 0.4) is 0 Å². The average molecular weight is 506 g/mol. The number of nitrogens with zero attached hydrogens (tertiary/aromatic N) is 1. The zero-order valence-electron chi connectivity index (χ0n) is 17.2. The van der Waals surface area contributed by atoms with Crippen LogP contribution in [-0.2, 0) is 16.6 Å². The Morgan fingerprint density at radius 3 is 2.31 bits per heavy atom. The predicted octanol–water partition coefficient (Wildman–Crippen LogP) is 4.09. The monoisotopic (exact) mass is 506 g/mol. The first-order valence-corrected chi connectivity index (χ1v) is 10.1. The van der Waals surface area contributed by atoms with Crippen LogP contribution in [0.4, 0.5) is 5.69 Å². The van der Waals surface area contributed by atoms with E-state index in [1.54, 1.807) is 0 Å². The third-order valence-electron chi connectivity index (χ3n) is 5.10. The Hall–Kier alpha value is -2.09. The molecule has 0 saturated heterocycles. The van der Waals surface area contributed by atoms with Crippen molar-refractivity contribution in [3.63, 3.8) is 0 Å². The quantitative estimate of drug-likeness (QED) is 0.287. The van der Waals surface area contributed by atoms with Crippen molar-refractivity contribution in [1.82, 2.24) is 10.6 Å². The highest BCUT2D eigenvalue weighted by molar-refractivity contribution is 14.0. The highest BCUT2D eigenvalue weighted by Gasteiger charge is 2.43. The number of carbonyl (C=O) groups is 1. The maximum absolute atomic E-state index is 11.1. The number of carbonyl (C=O) groups excluding carboxylic acids is 1. The van der Waals surface area contributed by atoms with Gasteiger partial charge < -0.3 is 16.0 Å². The smallest absolute Gasteiger partial charge is 0.221 e. The van der Waals surface area contributed by atoms with Crippen LogP contribution < -0.4 is 16.0 Å². The molecule has 156 valence electrons. The van der Waals surface area contributed by atoms with E-state index in [-0.39, 0.29) is 35.3 Å². The third kappa shape index (κ3) is 7.03. The van der Waals surface area contributed by atoms with Gasteiger partial charge in [-0.2, -0.15) is 0 Å². The van der Waals surface area contributed by atoms with Crippen LogP contribution in [0.25, 0.3) is 0 Å². The van der Waals surface area contributed by atoms with Gasteiger partial charge in [0.15, 0.2) is 5.96 Å². The standard InChI is InChI=1S/C23H30N4O.HI/c1-3-24-22(26-17-23(14-15-23)20-7-5-4-6-8-20)25-16-13-19-9-11-21(12-10-19)27-18(2)28;/h4-12H,3,13-17H2,1-2H3,(H,27,28)(H2,24,25,26);1H. The molecule has 0 aliphatic heterocycles. The zero-order chi connectivity index (χ0) is 19.8. The van der Waals surface area contributed by atoms with E-state index in [4.69, 9.17) is 4.99 Å². The maximum atomic E-state index is 11.1. The summed E-state index contributed by atoms with van der Waals surface area (Å²) < 4.78 is 0. The lowest BCUT2D eigenvalue weighted by atomic mass is 9.96. The first-order valence-electron chi connectivity index (χ1n) is 10.1. The summed E-state index contributed by atoms with van der Waals surface area (Å²) in [5.41, 5.74) is 3.67. The summed E-state index contributed by atoms with van der Waals surface area (Å²) in [7, 11) is 0. The van der Waals surface area contributed by atoms with Crippen molar-refractivity contribution < 1.29 is 4.79 Å². The molecule has 1 aliphatic rings. The van der Waals surface area contributed by atoms with Gasteiger partial charge in [0.1, 0.15) is 0 Å². The molecule has 0 heterocycles. The van der Waals surface area contributed by atoms with Gasteiger partial charge in [-0.05, 0) is 49.4 Å². The van der Waals surface area contributed by atoms with E-state index in [9.17, 15) is 4.79 Å². The van der Waals surface area contributed by atoms with Crippen LogP contribution in [0.1, 0.15) is 37.8 Å². The number of rotatable bonds is 8. The first-order chi connectivity index (χ1) is 13.6. The van der Waals surface area contributed by atoms with Gasteiger partial charge >= 0.3 is 0 Å². The van der Waals surface area contributed by atoms with Crippen molar-refractivity contribution in [3.05, 3.63) is 65.7 Å². The summed E-state index contributed by atoms with van der Waals surface area (Å²) in [4.78, 5) is 15.9. The molecule has 6 heteroatoms. The molecule has 1 fully saturated rings. The van der Waals surface area contributed by atoms with Crippen molar-refractivity contribution in [2.75, 3.05) is 25.0 Å². The van der Waals surface area contributed by atoms with Gasteiger partial charge in [-0.1, -0.05) is 42.5 Å². The largest absolute Gasteiger partial charge is 0.357 e. The van der Waals surface area contributed by atoms with Crippen LogP contribution in [0, 0.1) is 0 Å². The van der Waals surface area contributed by atoms with Crippen molar-refractivity contribution in [3.8, 4) is 0 Å². The van der Waals surface area contributed by atoms with Crippen molar-refractivity contribution in [2.24, 2.45) is 4.99 Å². The minimum Gasteiger partial charge on any atom is -0.357 e. The Balaban J connectivity index is 0.00000300. The fourth-order valence-electron chi connectivity index (χ4n) is 3.34. The van der Waals surface area contributed by atoms with Gasteiger partial charge in [0.25, 0.3) is 0 Å². The second-order valence-corrected chi connectivity index (χ2v) is 7.40. The first kappa shape index (κ1) is 23.2. The molecule has 0 aromatic heterocycles. The number of anilines is 1. The lowest BCUT2D eigenvalue weighted by Crippen LogP contribution is -2.39. The number of hydrogen-bond donors (Lipinski definition) is 3. The highest BCUT2D eigenvalue weighted by Crippen LogP contribution is 2.48. The Morgan fingerprint density at radius 1 is 1.03 bits per heavy atom. The Bertz CT molecular complexity index is 801. The predicted molar refractivity (Wildman–Crippen MR) is 131 cm³/mol. The summed E-state index contributed by atoms with van der Waals surface area (Å²) in [6.07, 6.45) is 3.32. The van der Waals surface area contributed by atoms with E-state index in [1.165, 1.54) is 30.9 Å². The SMILES string of the molecule is CCNC(=NCC1(c2ccccc2)CC1)NCCc1ccc(NC(C)=O)cc1.I. The number of amides is 1. The second-order valence-electron chi connectivity index (χ2n) is 7.40. The molecular weight excluding hydrogens is 475 g/mol. The van der Waals surface area contributed by atoms with Crippen LogP contribution in [0.15, 0.2) is 59.6 Å². The molecule has 3 rings (SSSR count). The van der Waals surface area contributed by atoms with Gasteiger partial charge in [0, 0.05) is 31.1 Å². The van der Waals surface area contributed by atoms with Crippen molar-refractivity contribution >= 4 is 41.5 Å². The number of benzene rings is 2. The molecule has 1 amide bonds. The highest BCUT2D eigenvalue weighted by atomic mass is 127. The van der Waals surface area contributed by atoms with Gasteiger partial charge in [-0.25, -0.2) is 0 Å². The molecule has 0 unspecified atom stereocenters. The third-order valence-corrected chi connectivity index (χ3v) is 5.10. The van der Waals surface area contributed by atoms with Crippen LogP contribution >= 0.6 is 24.0 Å². The van der Waals surface area contributed by atoms with Crippen LogP contribution in [0.2, 0.25) is 0 Å². The fourth-order valence-corrected chi connectivity index (χ4v) is 3.34. The lowest BCUT2D eigenvalue weighted by molar-refractivity contribution is -0.114. The van der Waals surface area contributed by atoms with Gasteiger partial charge in [0.2, 0.25) is 5.91 Å². The molecule has 0 radical (unpaired) electrons. The molecule has 0 bridgehead atoms. The lowest BCUT2D eigenvalue weighted by Gasteiger charge is -2.16. The van der Waals surface area contributed by atoms with E-state index >= 15 is 0 Å². The van der Waals surface area contributed by atoms with Crippen LogP contribution in [0.5, 0.6) is 0 Å². The molecule has 29 heavy (non-hydrogen) atoms. The molecule has 2 aromatic rings. The van der Waals surface area contributed by atoms with E-state index in [2.05, 4.69) is 53.2 Å². The average Bonchev–Trinajstić information content (AvgIpc) is 3.49. The molecule has 1 aliphatic carbocycles. The van der Waals surface area contributed by atoms with E-state index in [1.807, 2.05) is 24.3 Å². The van der Waals surface area contributed by atoms with E-state index < -0.39 is 0 Å². The summed E-state index contributed by atoms with van der Waals surface area (Å²) >= 11 is 0. The normalized spacial score (nSPS) is 14.5. The van der Waals surface area contributed by atoms with E-state index in [0.717, 1.165) is 37.7 Å². The van der Waals surface area contributed by atoms with Gasteiger partial charge in [-0.15, -0.1) is 24.0 Å². The topological polar surface area (TPSA) is 65.5 Å². The minimum absolute atomic E-state index is 0. The number of hydrogen-bond acceptors (Lipinski definition) is 2. The Morgan fingerprint density at radius 2 is 1.72 bits per heavy atom. The molecule has 0 atom stereocenters. The number of guanidine groups is 1. The van der Waals surface area contributed by atoms with Crippen LogP contribution in [-0.4, -0.2) is 31.5 Å². The minimum atomic E-state index is -0.0511. The fraction of sp³-hybridized carbons (Fsp3) is 0.391. The summed E-state index contributed by atoms with van der Waals surface area (Å²) in [5.74, 6) is 0.824. The zero-order valence-corrected chi connectivity index (χ0v) is 19.5. The summed E-state index contributed by atoms with van der Waals surface area (Å²) in [6.45, 7) is 6.07. The summed E-state index contributed by atoms with van der Waals surface area (Å²) in [6, 6.07) is 18.7. The van der Waals surface area contributed by atoms with E-state index in [0.29, 0.717) is 0 Å². The molecule has 3 N–H and O–H groups in total. The van der Waals surface area contributed by atoms with Crippen molar-refractivity contribution in [2.45, 2.75) is 38.5 Å². The molecule has 1 saturated carbocycles. The molecular formula is C23H31IN4O. The Labute approximate surface area is 190 Å². The number of halogens is 1. The summed E-state index contributed by atoms with van der Waals surface area (Å²) in [5, 5.41) is 9.57. The molecule has 2 aromatic carbocycles. The second kappa shape index (κ2) is 11.2. The maximum Gasteiger partial charge on any atom is 0.221 e. The Kier molecular flexibility index (Phi) is 8.95.